The molecule has 32 heavy (non-hydrogen) atoms. The van der Waals surface area contributed by atoms with Crippen LogP contribution in [0.15, 0.2) is 23.1 Å². The van der Waals surface area contributed by atoms with Gasteiger partial charge >= 0.3 is 6.09 Å². The first-order chi connectivity index (χ1) is 14.9. The van der Waals surface area contributed by atoms with Gasteiger partial charge in [0.15, 0.2) is 9.84 Å². The number of hydrogen-bond donors (Lipinski definition) is 0. The van der Waals surface area contributed by atoms with Gasteiger partial charge < -0.3 is 14.4 Å². The highest BCUT2D eigenvalue weighted by Crippen LogP contribution is 2.31. The Labute approximate surface area is 196 Å². The maximum atomic E-state index is 12.3. The number of amides is 1. The SMILES string of the molecule is CC(C)(C)OC(=O)N1CCN([C@H]2CC[C@H](COc3ccc(S(C)(=O)=O)cc3Cl)CC2)CC1. The van der Waals surface area contributed by atoms with Crippen molar-refractivity contribution in [1.82, 2.24) is 9.80 Å². The molecule has 1 aliphatic heterocycles. The third-order valence-corrected chi connectivity index (χ3v) is 7.51. The minimum atomic E-state index is -3.28. The largest absolute Gasteiger partial charge is 0.492 e. The van der Waals surface area contributed by atoms with E-state index in [0.717, 1.165) is 45.0 Å². The standard InChI is InChI=1S/C23H35ClN2O5S/c1-23(2,3)31-22(27)26-13-11-25(12-14-26)18-7-5-17(6-8-18)16-30-21-10-9-19(15-20(21)24)32(4,28)29/h9-10,15,17-18H,5-8,11-14,16H2,1-4H3/t17-,18-. The molecular weight excluding hydrogens is 452 g/mol. The molecule has 0 aromatic heterocycles. The van der Waals surface area contributed by atoms with Gasteiger partial charge in [-0.3, -0.25) is 4.90 Å². The Morgan fingerprint density at radius 1 is 1.09 bits per heavy atom. The zero-order valence-corrected chi connectivity index (χ0v) is 21.0. The van der Waals surface area contributed by atoms with Gasteiger partial charge in [-0.1, -0.05) is 11.6 Å². The average molecular weight is 487 g/mol. The molecule has 1 aromatic rings. The van der Waals surface area contributed by atoms with Crippen molar-refractivity contribution in [2.24, 2.45) is 5.92 Å². The molecule has 3 rings (SSSR count). The van der Waals surface area contributed by atoms with Gasteiger partial charge in [-0.2, -0.15) is 0 Å². The van der Waals surface area contributed by atoms with Crippen molar-refractivity contribution in [2.75, 3.05) is 39.0 Å². The Balaban J connectivity index is 1.41. The second-order valence-electron chi connectivity index (χ2n) is 9.85. The van der Waals surface area contributed by atoms with Crippen molar-refractivity contribution < 1.29 is 22.7 Å². The second-order valence-corrected chi connectivity index (χ2v) is 12.3. The van der Waals surface area contributed by atoms with Crippen LogP contribution in [-0.2, 0) is 14.6 Å². The van der Waals surface area contributed by atoms with Crippen LogP contribution in [0.4, 0.5) is 4.79 Å². The van der Waals surface area contributed by atoms with Gasteiger partial charge in [-0.25, -0.2) is 13.2 Å². The summed E-state index contributed by atoms with van der Waals surface area (Å²) in [6, 6.07) is 5.16. The van der Waals surface area contributed by atoms with E-state index in [1.165, 1.54) is 12.1 Å². The minimum Gasteiger partial charge on any atom is -0.492 e. The summed E-state index contributed by atoms with van der Waals surface area (Å²) in [4.78, 5) is 16.8. The zero-order valence-electron chi connectivity index (χ0n) is 19.5. The first-order valence-electron chi connectivity index (χ1n) is 11.3. The van der Waals surface area contributed by atoms with Crippen molar-refractivity contribution in [2.45, 2.75) is 63.0 Å². The molecule has 2 aliphatic rings. The van der Waals surface area contributed by atoms with E-state index in [2.05, 4.69) is 4.90 Å². The van der Waals surface area contributed by atoms with Gasteiger partial charge in [0.1, 0.15) is 11.4 Å². The molecule has 9 heteroatoms. The number of hydrogen-bond acceptors (Lipinski definition) is 6. The summed E-state index contributed by atoms with van der Waals surface area (Å²) in [6.07, 6.45) is 5.32. The topological polar surface area (TPSA) is 76.2 Å². The summed E-state index contributed by atoms with van der Waals surface area (Å²) in [5.74, 6) is 0.986. The summed E-state index contributed by atoms with van der Waals surface area (Å²) in [7, 11) is -3.28. The van der Waals surface area contributed by atoms with E-state index < -0.39 is 15.4 Å². The number of sulfone groups is 1. The van der Waals surface area contributed by atoms with Crippen LogP contribution in [0.3, 0.4) is 0 Å². The normalized spacial score (nSPS) is 23.1. The van der Waals surface area contributed by atoms with Crippen molar-refractivity contribution in [1.29, 1.82) is 0 Å². The fraction of sp³-hybridized carbons (Fsp3) is 0.696. The number of piperazine rings is 1. The van der Waals surface area contributed by atoms with E-state index in [9.17, 15) is 13.2 Å². The first kappa shape index (κ1) is 25.1. The van der Waals surface area contributed by atoms with E-state index in [1.54, 1.807) is 11.0 Å². The van der Waals surface area contributed by atoms with Crippen LogP contribution in [0.1, 0.15) is 46.5 Å². The predicted octanol–water partition coefficient (Wildman–Crippen LogP) is 4.23. The molecule has 1 aliphatic carbocycles. The summed E-state index contributed by atoms with van der Waals surface area (Å²) in [5, 5.41) is 0.324. The Morgan fingerprint density at radius 3 is 2.25 bits per heavy atom. The highest BCUT2D eigenvalue weighted by molar-refractivity contribution is 7.90. The quantitative estimate of drug-likeness (QED) is 0.619. The highest BCUT2D eigenvalue weighted by atomic mass is 35.5. The van der Waals surface area contributed by atoms with E-state index >= 15 is 0 Å². The maximum Gasteiger partial charge on any atom is 0.410 e. The van der Waals surface area contributed by atoms with Crippen LogP contribution in [-0.4, -0.2) is 75.0 Å². The Hall–Kier alpha value is -1.51. The lowest BCUT2D eigenvalue weighted by Gasteiger charge is -2.42. The molecule has 0 N–H and O–H groups in total. The van der Waals surface area contributed by atoms with E-state index in [-0.39, 0.29) is 11.0 Å². The summed E-state index contributed by atoms with van der Waals surface area (Å²) >= 11 is 6.21. The van der Waals surface area contributed by atoms with Gasteiger partial charge in [0.2, 0.25) is 0 Å². The fourth-order valence-corrected chi connectivity index (χ4v) is 5.26. The lowest BCUT2D eigenvalue weighted by Crippen LogP contribution is -2.53. The highest BCUT2D eigenvalue weighted by Gasteiger charge is 2.31. The van der Waals surface area contributed by atoms with E-state index in [4.69, 9.17) is 21.1 Å². The lowest BCUT2D eigenvalue weighted by atomic mass is 9.85. The molecule has 1 saturated carbocycles. The molecule has 7 nitrogen and oxygen atoms in total. The summed E-state index contributed by atoms with van der Waals surface area (Å²) in [5.41, 5.74) is -0.464. The number of carbonyl (C=O) groups excluding carboxylic acids is 1. The molecule has 0 spiro atoms. The summed E-state index contributed by atoms with van der Waals surface area (Å²) in [6.45, 7) is 9.43. The molecule has 2 fully saturated rings. The van der Waals surface area contributed by atoms with Crippen molar-refractivity contribution >= 4 is 27.5 Å². The van der Waals surface area contributed by atoms with Crippen LogP contribution in [0.25, 0.3) is 0 Å². The molecule has 0 bridgehead atoms. The average Bonchev–Trinajstić information content (AvgIpc) is 2.71. The maximum absolute atomic E-state index is 12.3. The predicted molar refractivity (Wildman–Crippen MR) is 125 cm³/mol. The van der Waals surface area contributed by atoms with Crippen LogP contribution in [0.5, 0.6) is 5.75 Å². The minimum absolute atomic E-state index is 0.196. The third-order valence-electron chi connectivity index (χ3n) is 6.10. The lowest BCUT2D eigenvalue weighted by molar-refractivity contribution is 0.00654. The smallest absolute Gasteiger partial charge is 0.410 e. The molecule has 0 atom stereocenters. The van der Waals surface area contributed by atoms with Crippen molar-refractivity contribution in [3.8, 4) is 5.75 Å². The zero-order chi connectivity index (χ0) is 23.5. The summed E-state index contributed by atoms with van der Waals surface area (Å²) < 4.78 is 34.7. The second kappa shape index (κ2) is 10.2. The Morgan fingerprint density at radius 2 is 1.72 bits per heavy atom. The van der Waals surface area contributed by atoms with Gasteiger partial charge in [-0.05, 0) is 70.6 Å². The van der Waals surface area contributed by atoms with Crippen molar-refractivity contribution in [3.63, 3.8) is 0 Å². The van der Waals surface area contributed by atoms with Crippen LogP contribution >= 0.6 is 11.6 Å². The number of benzene rings is 1. The van der Waals surface area contributed by atoms with Crippen LogP contribution in [0, 0.1) is 5.92 Å². The molecule has 180 valence electrons. The Bertz CT molecular complexity index is 899. The molecule has 1 aromatic carbocycles. The van der Waals surface area contributed by atoms with Gasteiger partial charge in [0.25, 0.3) is 0 Å². The molecule has 1 amide bonds. The molecule has 0 unspecified atom stereocenters. The van der Waals surface area contributed by atoms with E-state index in [0.29, 0.717) is 42.4 Å². The number of rotatable bonds is 5. The first-order valence-corrected chi connectivity index (χ1v) is 13.5. The number of carbonyl (C=O) groups is 1. The number of ether oxygens (including phenoxy) is 2. The third kappa shape index (κ3) is 6.99. The van der Waals surface area contributed by atoms with Gasteiger partial charge in [-0.15, -0.1) is 0 Å². The van der Waals surface area contributed by atoms with Crippen LogP contribution < -0.4 is 4.74 Å². The van der Waals surface area contributed by atoms with E-state index in [1.807, 2.05) is 20.8 Å². The molecule has 0 radical (unpaired) electrons. The van der Waals surface area contributed by atoms with Crippen LogP contribution in [0.2, 0.25) is 5.02 Å². The number of halogens is 1. The van der Waals surface area contributed by atoms with Gasteiger partial charge in [0.05, 0.1) is 16.5 Å². The number of nitrogens with zero attached hydrogens (tertiary/aromatic N) is 2. The monoisotopic (exact) mass is 486 g/mol. The molecular formula is C23H35ClN2O5S. The molecule has 1 heterocycles. The van der Waals surface area contributed by atoms with Crippen molar-refractivity contribution in [3.05, 3.63) is 23.2 Å². The Kier molecular flexibility index (Phi) is 7.99. The molecule has 1 saturated heterocycles. The fourth-order valence-electron chi connectivity index (χ4n) is 4.31. The van der Waals surface area contributed by atoms with Gasteiger partial charge in [0, 0.05) is 38.5 Å².